The Hall–Kier alpha value is -1.35. The number of aryl methyl sites for hydroxylation is 3. The standard InChI is InChI=1S/C17H25NO2/c1-11-6-12(2)15(13(3)7-11)9-18-8-14(4)16(10-18)17(19)20-5/h6-7,14,16H,8-10H2,1-5H3. The topological polar surface area (TPSA) is 29.5 Å². The van der Waals surface area contributed by atoms with Crippen LogP contribution >= 0.6 is 0 Å². The summed E-state index contributed by atoms with van der Waals surface area (Å²) in [6.45, 7) is 11.3. The molecule has 2 rings (SSSR count). The number of likely N-dealkylation sites (tertiary alicyclic amines) is 1. The summed E-state index contributed by atoms with van der Waals surface area (Å²) in [5.74, 6) is 0.317. The highest BCUT2D eigenvalue weighted by atomic mass is 16.5. The number of hydrogen-bond donors (Lipinski definition) is 0. The number of carbonyl (C=O) groups is 1. The predicted octanol–water partition coefficient (Wildman–Crippen LogP) is 2.85. The van der Waals surface area contributed by atoms with E-state index >= 15 is 0 Å². The minimum Gasteiger partial charge on any atom is -0.469 e. The highest BCUT2D eigenvalue weighted by Gasteiger charge is 2.35. The summed E-state index contributed by atoms with van der Waals surface area (Å²) in [6.07, 6.45) is 0. The molecule has 3 nitrogen and oxygen atoms in total. The summed E-state index contributed by atoms with van der Waals surface area (Å²) in [7, 11) is 1.48. The second kappa shape index (κ2) is 5.96. The van der Waals surface area contributed by atoms with E-state index in [9.17, 15) is 4.79 Å². The molecule has 0 N–H and O–H groups in total. The summed E-state index contributed by atoms with van der Waals surface area (Å²) in [4.78, 5) is 14.1. The fourth-order valence-electron chi connectivity index (χ4n) is 3.34. The first-order valence-corrected chi connectivity index (χ1v) is 7.29. The molecule has 0 aliphatic carbocycles. The first-order valence-electron chi connectivity index (χ1n) is 7.29. The molecule has 1 aliphatic rings. The van der Waals surface area contributed by atoms with Gasteiger partial charge in [0.2, 0.25) is 0 Å². The van der Waals surface area contributed by atoms with Crippen molar-refractivity contribution in [3.05, 3.63) is 34.4 Å². The lowest BCUT2D eigenvalue weighted by Crippen LogP contribution is -2.24. The van der Waals surface area contributed by atoms with E-state index in [0.29, 0.717) is 5.92 Å². The van der Waals surface area contributed by atoms with Gasteiger partial charge in [-0.2, -0.15) is 0 Å². The van der Waals surface area contributed by atoms with Crippen LogP contribution in [0.4, 0.5) is 0 Å². The van der Waals surface area contributed by atoms with Crippen LogP contribution in [-0.2, 0) is 16.1 Å². The van der Waals surface area contributed by atoms with Gasteiger partial charge in [-0.05, 0) is 43.4 Å². The third-order valence-corrected chi connectivity index (χ3v) is 4.41. The quantitative estimate of drug-likeness (QED) is 0.794. The number of methoxy groups -OCH3 is 1. The molecule has 0 saturated carbocycles. The van der Waals surface area contributed by atoms with E-state index in [0.717, 1.165) is 19.6 Å². The molecule has 1 aromatic carbocycles. The maximum absolute atomic E-state index is 11.8. The Morgan fingerprint density at radius 1 is 1.25 bits per heavy atom. The van der Waals surface area contributed by atoms with E-state index in [1.54, 1.807) is 0 Å². The minimum atomic E-state index is -0.0719. The smallest absolute Gasteiger partial charge is 0.310 e. The molecular weight excluding hydrogens is 250 g/mol. The first-order chi connectivity index (χ1) is 9.42. The number of ether oxygens (including phenoxy) is 1. The van der Waals surface area contributed by atoms with Gasteiger partial charge in [-0.3, -0.25) is 9.69 Å². The van der Waals surface area contributed by atoms with Gasteiger partial charge in [0.1, 0.15) is 0 Å². The van der Waals surface area contributed by atoms with Gasteiger partial charge in [0, 0.05) is 19.6 Å². The lowest BCUT2D eigenvalue weighted by atomic mass is 9.99. The van der Waals surface area contributed by atoms with Crippen LogP contribution in [0.1, 0.15) is 29.2 Å². The third-order valence-electron chi connectivity index (χ3n) is 4.41. The average Bonchev–Trinajstić information content (AvgIpc) is 2.74. The number of hydrogen-bond acceptors (Lipinski definition) is 3. The van der Waals surface area contributed by atoms with Crippen molar-refractivity contribution in [2.75, 3.05) is 20.2 Å². The second-order valence-corrected chi connectivity index (χ2v) is 6.18. The summed E-state index contributed by atoms with van der Waals surface area (Å²) >= 11 is 0. The number of carbonyl (C=O) groups excluding carboxylic acids is 1. The van der Waals surface area contributed by atoms with Crippen LogP contribution in [0, 0.1) is 32.6 Å². The fourth-order valence-corrected chi connectivity index (χ4v) is 3.34. The van der Waals surface area contributed by atoms with E-state index in [1.165, 1.54) is 29.4 Å². The Morgan fingerprint density at radius 2 is 1.85 bits per heavy atom. The Bertz CT molecular complexity index is 487. The summed E-state index contributed by atoms with van der Waals surface area (Å²) < 4.78 is 4.90. The Kier molecular flexibility index (Phi) is 4.48. The van der Waals surface area contributed by atoms with Crippen molar-refractivity contribution in [3.63, 3.8) is 0 Å². The van der Waals surface area contributed by atoms with Gasteiger partial charge in [-0.1, -0.05) is 24.6 Å². The molecule has 2 unspecified atom stereocenters. The molecule has 0 bridgehead atoms. The van der Waals surface area contributed by atoms with Crippen LogP contribution < -0.4 is 0 Å². The molecular formula is C17H25NO2. The van der Waals surface area contributed by atoms with Crippen molar-refractivity contribution in [1.82, 2.24) is 4.90 Å². The van der Waals surface area contributed by atoms with Crippen LogP contribution in [0.15, 0.2) is 12.1 Å². The molecule has 20 heavy (non-hydrogen) atoms. The van der Waals surface area contributed by atoms with Crippen molar-refractivity contribution >= 4 is 5.97 Å². The average molecular weight is 275 g/mol. The van der Waals surface area contributed by atoms with Crippen molar-refractivity contribution in [2.24, 2.45) is 11.8 Å². The zero-order chi connectivity index (χ0) is 14.9. The summed E-state index contributed by atoms with van der Waals surface area (Å²) in [5, 5.41) is 0. The van der Waals surface area contributed by atoms with Crippen LogP contribution in [0.3, 0.4) is 0 Å². The van der Waals surface area contributed by atoms with E-state index in [2.05, 4.69) is 44.7 Å². The van der Waals surface area contributed by atoms with Gasteiger partial charge in [-0.15, -0.1) is 0 Å². The van der Waals surface area contributed by atoms with E-state index in [-0.39, 0.29) is 11.9 Å². The van der Waals surface area contributed by atoms with Crippen molar-refractivity contribution in [1.29, 1.82) is 0 Å². The van der Waals surface area contributed by atoms with Gasteiger partial charge in [0.15, 0.2) is 0 Å². The summed E-state index contributed by atoms with van der Waals surface area (Å²) in [5.41, 5.74) is 5.40. The molecule has 1 fully saturated rings. The Labute approximate surface area is 121 Å². The van der Waals surface area contributed by atoms with Gasteiger partial charge in [0.25, 0.3) is 0 Å². The van der Waals surface area contributed by atoms with Crippen LogP contribution in [0.25, 0.3) is 0 Å². The molecule has 2 atom stereocenters. The molecule has 3 heteroatoms. The molecule has 0 spiro atoms. The number of rotatable bonds is 3. The number of benzene rings is 1. The molecule has 0 amide bonds. The lowest BCUT2D eigenvalue weighted by Gasteiger charge is -2.19. The normalized spacial score (nSPS) is 23.1. The van der Waals surface area contributed by atoms with Crippen LogP contribution in [0.5, 0.6) is 0 Å². The van der Waals surface area contributed by atoms with Crippen molar-refractivity contribution in [3.8, 4) is 0 Å². The van der Waals surface area contributed by atoms with Crippen molar-refractivity contribution in [2.45, 2.75) is 34.2 Å². The molecule has 0 radical (unpaired) electrons. The van der Waals surface area contributed by atoms with E-state index in [4.69, 9.17) is 4.74 Å². The van der Waals surface area contributed by atoms with Gasteiger partial charge in [-0.25, -0.2) is 0 Å². The molecule has 1 saturated heterocycles. The second-order valence-electron chi connectivity index (χ2n) is 6.18. The van der Waals surface area contributed by atoms with Gasteiger partial charge in [0.05, 0.1) is 13.0 Å². The highest BCUT2D eigenvalue weighted by molar-refractivity contribution is 5.73. The maximum Gasteiger partial charge on any atom is 0.310 e. The van der Waals surface area contributed by atoms with E-state index in [1.807, 2.05) is 0 Å². The molecule has 1 aliphatic heterocycles. The van der Waals surface area contributed by atoms with Crippen LogP contribution in [0.2, 0.25) is 0 Å². The monoisotopic (exact) mass is 275 g/mol. The molecule has 0 aromatic heterocycles. The van der Waals surface area contributed by atoms with Crippen LogP contribution in [-0.4, -0.2) is 31.1 Å². The zero-order valence-corrected chi connectivity index (χ0v) is 13.2. The van der Waals surface area contributed by atoms with Gasteiger partial charge >= 0.3 is 5.97 Å². The highest BCUT2D eigenvalue weighted by Crippen LogP contribution is 2.27. The summed E-state index contributed by atoms with van der Waals surface area (Å²) in [6, 6.07) is 4.47. The van der Waals surface area contributed by atoms with Crippen molar-refractivity contribution < 1.29 is 9.53 Å². The number of nitrogens with zero attached hydrogens (tertiary/aromatic N) is 1. The molecule has 110 valence electrons. The van der Waals surface area contributed by atoms with Gasteiger partial charge < -0.3 is 4.74 Å². The largest absolute Gasteiger partial charge is 0.469 e. The van der Waals surface area contributed by atoms with E-state index < -0.39 is 0 Å². The first kappa shape index (κ1) is 15.0. The maximum atomic E-state index is 11.8. The fraction of sp³-hybridized carbons (Fsp3) is 0.588. The molecule has 1 aromatic rings. The SMILES string of the molecule is COC(=O)C1CN(Cc2c(C)cc(C)cc2C)CC1C. The zero-order valence-electron chi connectivity index (χ0n) is 13.2. The Morgan fingerprint density at radius 3 is 2.40 bits per heavy atom. The number of esters is 1. The predicted molar refractivity (Wildman–Crippen MR) is 80.6 cm³/mol. The Balaban J connectivity index is 2.11. The minimum absolute atomic E-state index is 0.0195. The third kappa shape index (κ3) is 3.04. The molecule has 1 heterocycles. The lowest BCUT2D eigenvalue weighted by molar-refractivity contribution is -0.146.